The van der Waals surface area contributed by atoms with Gasteiger partial charge in [0, 0.05) is 0 Å². The molecule has 19 heavy (non-hydrogen) atoms. The highest BCUT2D eigenvalue weighted by Gasteiger charge is 2.35. The van der Waals surface area contributed by atoms with Crippen LogP contribution in [0.1, 0.15) is 5.56 Å². The lowest BCUT2D eigenvalue weighted by Crippen LogP contribution is -2.14. The van der Waals surface area contributed by atoms with Crippen molar-refractivity contribution in [2.24, 2.45) is 0 Å². The van der Waals surface area contributed by atoms with E-state index in [0.29, 0.717) is 0 Å². The molecule has 0 aliphatic rings. The third-order valence-electron chi connectivity index (χ3n) is 2.13. The summed E-state index contributed by atoms with van der Waals surface area (Å²) in [6, 6.07) is 4.04. The molecule has 9 heteroatoms. The zero-order valence-corrected chi connectivity index (χ0v) is 9.99. The fraction of sp³-hybridized carbons (Fsp3) is 0.100. The van der Waals surface area contributed by atoms with E-state index in [1.165, 1.54) is 6.07 Å². The average molecular weight is 292 g/mol. The summed E-state index contributed by atoms with van der Waals surface area (Å²) in [4.78, 5) is 5.71. The molecule has 2 rings (SSSR count). The van der Waals surface area contributed by atoms with Gasteiger partial charge in [0.2, 0.25) is 0 Å². The molecule has 0 aliphatic heterocycles. The van der Waals surface area contributed by atoms with Crippen LogP contribution in [-0.4, -0.2) is 18.4 Å². The number of aromatic amines is 1. The Hall–Kier alpha value is -2.03. The van der Waals surface area contributed by atoms with Gasteiger partial charge in [0.15, 0.2) is 10.8 Å². The number of aromatic nitrogens is 2. The van der Waals surface area contributed by atoms with Crippen LogP contribution in [0.15, 0.2) is 41.8 Å². The van der Waals surface area contributed by atoms with Crippen molar-refractivity contribution in [2.45, 2.75) is 11.2 Å². The monoisotopic (exact) mass is 292 g/mol. The smallest absolute Gasteiger partial charge is 0.377 e. The zero-order valence-electron chi connectivity index (χ0n) is 9.18. The first-order valence-electron chi connectivity index (χ1n) is 4.90. The van der Waals surface area contributed by atoms with Gasteiger partial charge in [-0.3, -0.25) is 0 Å². The van der Waals surface area contributed by atoms with Crippen LogP contribution in [0.5, 0.6) is 5.75 Å². The Kier molecular flexibility index (Phi) is 3.23. The Balaban J connectivity index is 2.40. The molecule has 0 atom stereocenters. The fourth-order valence-corrected chi connectivity index (χ4v) is 2.17. The third-order valence-corrected chi connectivity index (χ3v) is 3.30. The van der Waals surface area contributed by atoms with Crippen LogP contribution in [0.3, 0.4) is 0 Å². The number of imidazole rings is 1. The van der Waals surface area contributed by atoms with E-state index in [2.05, 4.69) is 14.2 Å². The maximum absolute atomic E-state index is 12.7. The lowest BCUT2D eigenvalue weighted by Gasteiger charge is -2.12. The molecule has 5 nitrogen and oxygen atoms in total. The molecular weight excluding hydrogens is 285 g/mol. The normalized spacial score (nSPS) is 12.4. The van der Waals surface area contributed by atoms with Crippen molar-refractivity contribution in [3.8, 4) is 5.75 Å². The number of hydrogen-bond acceptors (Lipinski definition) is 4. The van der Waals surface area contributed by atoms with Crippen LogP contribution < -0.4 is 4.18 Å². The molecule has 1 aromatic heterocycles. The topological polar surface area (TPSA) is 72.1 Å². The average Bonchev–Trinajstić information content (AvgIpc) is 2.81. The molecule has 0 spiro atoms. The van der Waals surface area contributed by atoms with Gasteiger partial charge in [-0.1, -0.05) is 12.1 Å². The molecule has 0 amide bonds. The number of alkyl halides is 3. The van der Waals surface area contributed by atoms with Crippen molar-refractivity contribution in [1.82, 2.24) is 9.97 Å². The zero-order chi connectivity index (χ0) is 14.1. The molecule has 0 aliphatic carbocycles. The molecule has 102 valence electrons. The highest BCUT2D eigenvalue weighted by molar-refractivity contribution is 7.87. The second kappa shape index (κ2) is 4.57. The van der Waals surface area contributed by atoms with Crippen LogP contribution in [-0.2, 0) is 16.3 Å². The van der Waals surface area contributed by atoms with Gasteiger partial charge in [0.1, 0.15) is 0 Å². The number of halogens is 3. The predicted octanol–water partition coefficient (Wildman–Crippen LogP) is 2.20. The largest absolute Gasteiger partial charge is 0.420 e. The van der Waals surface area contributed by atoms with Gasteiger partial charge >= 0.3 is 16.3 Å². The SMILES string of the molecule is O=S(=O)(Oc1ccccc1C(F)(F)F)c1cnc[nH]1. The predicted molar refractivity (Wildman–Crippen MR) is 57.8 cm³/mol. The van der Waals surface area contributed by atoms with Crippen molar-refractivity contribution in [3.05, 3.63) is 42.4 Å². The summed E-state index contributed by atoms with van der Waals surface area (Å²) in [5.41, 5.74) is -1.17. The Morgan fingerprint density at radius 1 is 1.21 bits per heavy atom. The minimum atomic E-state index is -4.71. The number of nitrogens with zero attached hydrogens (tertiary/aromatic N) is 1. The van der Waals surface area contributed by atoms with Gasteiger partial charge in [-0.05, 0) is 12.1 Å². The standard InChI is InChI=1S/C10H7F3N2O3S/c11-10(12,13)7-3-1-2-4-8(7)18-19(16,17)9-5-14-6-15-9/h1-6H,(H,14,15). The number of hydrogen-bond donors (Lipinski definition) is 1. The molecule has 1 aromatic carbocycles. The van der Waals surface area contributed by atoms with Crippen molar-refractivity contribution in [3.63, 3.8) is 0 Å². The number of rotatable bonds is 3. The van der Waals surface area contributed by atoms with E-state index in [-0.39, 0.29) is 0 Å². The van der Waals surface area contributed by atoms with Gasteiger partial charge < -0.3 is 9.17 Å². The van der Waals surface area contributed by atoms with Crippen LogP contribution >= 0.6 is 0 Å². The van der Waals surface area contributed by atoms with Crippen molar-refractivity contribution < 1.29 is 25.8 Å². The van der Waals surface area contributed by atoms with E-state index in [0.717, 1.165) is 30.7 Å². The highest BCUT2D eigenvalue weighted by Crippen LogP contribution is 2.36. The quantitative estimate of drug-likeness (QED) is 0.880. The maximum Gasteiger partial charge on any atom is 0.420 e. The van der Waals surface area contributed by atoms with E-state index < -0.39 is 32.6 Å². The summed E-state index contributed by atoms with van der Waals surface area (Å²) in [5, 5.41) is -0.426. The second-order valence-corrected chi connectivity index (χ2v) is 4.96. The Morgan fingerprint density at radius 2 is 1.89 bits per heavy atom. The molecule has 1 N–H and O–H groups in total. The van der Waals surface area contributed by atoms with E-state index in [1.807, 2.05) is 0 Å². The summed E-state index contributed by atoms with van der Waals surface area (Å²) < 4.78 is 65.9. The van der Waals surface area contributed by atoms with Crippen LogP contribution in [0.4, 0.5) is 13.2 Å². The van der Waals surface area contributed by atoms with Crippen LogP contribution in [0.2, 0.25) is 0 Å². The fourth-order valence-electron chi connectivity index (χ4n) is 1.32. The molecule has 1 heterocycles. The van der Waals surface area contributed by atoms with Gasteiger partial charge in [0.25, 0.3) is 0 Å². The number of para-hydroxylation sites is 1. The molecule has 0 saturated heterocycles. The molecule has 0 radical (unpaired) electrons. The second-order valence-electron chi connectivity index (χ2n) is 3.45. The summed E-state index contributed by atoms with van der Waals surface area (Å²) in [6.07, 6.45) is -2.70. The Labute approximate surface area is 106 Å². The molecule has 0 unspecified atom stereocenters. The lowest BCUT2D eigenvalue weighted by atomic mass is 10.2. The molecule has 0 fully saturated rings. The minimum absolute atomic E-state index is 0.426. The third kappa shape index (κ3) is 2.87. The van der Waals surface area contributed by atoms with Crippen molar-refractivity contribution in [2.75, 3.05) is 0 Å². The van der Waals surface area contributed by atoms with Crippen LogP contribution in [0.25, 0.3) is 0 Å². The van der Waals surface area contributed by atoms with Gasteiger partial charge in [-0.2, -0.15) is 21.6 Å². The number of benzene rings is 1. The summed E-state index contributed by atoms with van der Waals surface area (Å²) >= 11 is 0. The summed E-state index contributed by atoms with van der Waals surface area (Å²) in [5.74, 6) is -0.787. The van der Waals surface area contributed by atoms with E-state index >= 15 is 0 Å². The van der Waals surface area contributed by atoms with Crippen LogP contribution in [0, 0.1) is 0 Å². The van der Waals surface area contributed by atoms with Gasteiger partial charge in [-0.15, -0.1) is 0 Å². The van der Waals surface area contributed by atoms with Gasteiger partial charge in [0.05, 0.1) is 18.1 Å². The highest BCUT2D eigenvalue weighted by atomic mass is 32.2. The van der Waals surface area contributed by atoms with Crippen molar-refractivity contribution in [1.29, 1.82) is 0 Å². The summed E-state index contributed by atoms with van der Waals surface area (Å²) in [6.45, 7) is 0. The Bertz CT molecular complexity index is 666. The molecule has 0 saturated carbocycles. The minimum Gasteiger partial charge on any atom is -0.377 e. The first-order valence-corrected chi connectivity index (χ1v) is 6.30. The Morgan fingerprint density at radius 3 is 2.47 bits per heavy atom. The summed E-state index contributed by atoms with van der Waals surface area (Å²) in [7, 11) is -4.37. The number of nitrogens with one attached hydrogen (secondary N) is 1. The first kappa shape index (κ1) is 13.4. The van der Waals surface area contributed by atoms with Crippen molar-refractivity contribution >= 4 is 10.1 Å². The van der Waals surface area contributed by atoms with E-state index in [4.69, 9.17) is 0 Å². The van der Waals surface area contributed by atoms with E-state index in [9.17, 15) is 21.6 Å². The molecule has 0 bridgehead atoms. The maximum atomic E-state index is 12.7. The number of H-pyrrole nitrogens is 1. The molecular formula is C10H7F3N2O3S. The van der Waals surface area contributed by atoms with Gasteiger partial charge in [-0.25, -0.2) is 4.98 Å². The lowest BCUT2D eigenvalue weighted by molar-refractivity contribution is -0.138. The molecule has 2 aromatic rings. The van der Waals surface area contributed by atoms with E-state index in [1.54, 1.807) is 0 Å². The first-order chi connectivity index (χ1) is 8.81.